The Labute approximate surface area is 183 Å². The smallest absolute Gasteiger partial charge is 0.417 e. The van der Waals surface area contributed by atoms with Crippen molar-refractivity contribution in [3.05, 3.63) is 46.6 Å². The highest BCUT2D eigenvalue weighted by atomic mass is 35.5. The Kier molecular flexibility index (Phi) is 8.14. The third-order valence-corrected chi connectivity index (χ3v) is 4.58. The lowest BCUT2D eigenvalue weighted by atomic mass is 9.85. The number of ether oxygens (including phenoxy) is 4. The SMILES string of the molecule is COCCOc1ccc(CC(C)(C)C(=O)OC)c(Oc2ncc(C(F)(F)F)cc2Cl)c1. The van der Waals surface area contributed by atoms with Crippen molar-refractivity contribution in [3.8, 4) is 17.4 Å². The van der Waals surface area contributed by atoms with Crippen molar-refractivity contribution in [1.82, 2.24) is 4.98 Å². The van der Waals surface area contributed by atoms with Gasteiger partial charge in [0.05, 0.1) is 24.7 Å². The number of nitrogens with zero attached hydrogens (tertiary/aromatic N) is 1. The molecule has 0 saturated carbocycles. The molecule has 0 aliphatic heterocycles. The van der Waals surface area contributed by atoms with Crippen LogP contribution < -0.4 is 9.47 Å². The van der Waals surface area contributed by atoms with Gasteiger partial charge < -0.3 is 18.9 Å². The van der Waals surface area contributed by atoms with E-state index in [1.165, 1.54) is 14.2 Å². The van der Waals surface area contributed by atoms with Crippen LogP contribution in [0.15, 0.2) is 30.5 Å². The van der Waals surface area contributed by atoms with Gasteiger partial charge in [0, 0.05) is 19.4 Å². The molecule has 0 radical (unpaired) electrons. The number of carbonyl (C=O) groups excluding carboxylic acids is 1. The summed E-state index contributed by atoms with van der Waals surface area (Å²) in [5, 5.41) is -0.307. The highest BCUT2D eigenvalue weighted by Gasteiger charge is 2.33. The minimum atomic E-state index is -4.58. The third kappa shape index (κ3) is 6.73. The van der Waals surface area contributed by atoms with Crippen molar-refractivity contribution in [1.29, 1.82) is 0 Å². The second-order valence-electron chi connectivity index (χ2n) is 7.27. The van der Waals surface area contributed by atoms with Gasteiger partial charge in [-0.1, -0.05) is 17.7 Å². The summed E-state index contributed by atoms with van der Waals surface area (Å²) in [6.07, 6.45) is -3.72. The molecule has 0 atom stereocenters. The molecule has 0 bridgehead atoms. The highest BCUT2D eigenvalue weighted by molar-refractivity contribution is 6.31. The van der Waals surface area contributed by atoms with E-state index in [2.05, 4.69) is 4.98 Å². The Hall–Kier alpha value is -2.52. The molecule has 2 rings (SSSR count). The first kappa shape index (κ1) is 24.7. The Morgan fingerprint density at radius 2 is 1.84 bits per heavy atom. The van der Waals surface area contributed by atoms with E-state index in [4.69, 9.17) is 30.5 Å². The van der Waals surface area contributed by atoms with Crippen molar-refractivity contribution >= 4 is 17.6 Å². The summed E-state index contributed by atoms with van der Waals surface area (Å²) in [5.41, 5.74) is -1.29. The number of pyridine rings is 1. The van der Waals surface area contributed by atoms with Crippen molar-refractivity contribution in [2.24, 2.45) is 5.41 Å². The van der Waals surface area contributed by atoms with Gasteiger partial charge >= 0.3 is 12.1 Å². The minimum Gasteiger partial charge on any atom is -0.491 e. The van der Waals surface area contributed by atoms with E-state index in [0.717, 1.165) is 6.07 Å². The Morgan fingerprint density at radius 1 is 1.13 bits per heavy atom. The molecule has 0 aliphatic carbocycles. The largest absolute Gasteiger partial charge is 0.491 e. The fourth-order valence-electron chi connectivity index (χ4n) is 2.69. The van der Waals surface area contributed by atoms with Gasteiger partial charge in [0.15, 0.2) is 0 Å². The zero-order chi connectivity index (χ0) is 23.2. The molecule has 2 aromatic rings. The normalized spacial score (nSPS) is 11.9. The van der Waals surface area contributed by atoms with Gasteiger partial charge in [-0.05, 0) is 38.0 Å². The van der Waals surface area contributed by atoms with Crippen LogP contribution in [0.5, 0.6) is 17.4 Å². The first-order chi connectivity index (χ1) is 14.5. The highest BCUT2D eigenvalue weighted by Crippen LogP contribution is 2.38. The van der Waals surface area contributed by atoms with Crippen LogP contribution in [0.3, 0.4) is 0 Å². The Morgan fingerprint density at radius 3 is 2.42 bits per heavy atom. The lowest BCUT2D eigenvalue weighted by molar-refractivity contribution is -0.150. The van der Waals surface area contributed by atoms with E-state index in [1.807, 2.05) is 0 Å². The molecule has 0 aliphatic rings. The van der Waals surface area contributed by atoms with E-state index < -0.39 is 23.1 Å². The topological polar surface area (TPSA) is 66.9 Å². The Bertz CT molecular complexity index is 918. The number of methoxy groups -OCH3 is 2. The molecule has 0 fully saturated rings. The molecule has 0 spiro atoms. The van der Waals surface area contributed by atoms with Crippen molar-refractivity contribution in [2.75, 3.05) is 27.4 Å². The number of alkyl halides is 3. The van der Waals surface area contributed by atoms with Crippen LogP contribution in [-0.4, -0.2) is 38.4 Å². The molecule has 0 saturated heterocycles. The van der Waals surface area contributed by atoms with Crippen LogP contribution in [-0.2, 0) is 26.9 Å². The lowest BCUT2D eigenvalue weighted by Gasteiger charge is -2.23. The van der Waals surface area contributed by atoms with E-state index in [9.17, 15) is 18.0 Å². The summed E-state index contributed by atoms with van der Waals surface area (Å²) in [6.45, 7) is 4.05. The molecule has 1 heterocycles. The molecule has 1 aromatic carbocycles. The monoisotopic (exact) mass is 461 g/mol. The molecule has 1 aromatic heterocycles. The van der Waals surface area contributed by atoms with Crippen LogP contribution in [0, 0.1) is 5.41 Å². The number of hydrogen-bond donors (Lipinski definition) is 0. The fourth-order valence-corrected chi connectivity index (χ4v) is 2.90. The quantitative estimate of drug-likeness (QED) is 0.372. The summed E-state index contributed by atoms with van der Waals surface area (Å²) in [4.78, 5) is 15.8. The second kappa shape index (κ2) is 10.2. The molecule has 0 amide bonds. The average Bonchev–Trinajstić information content (AvgIpc) is 2.69. The molecule has 0 unspecified atom stereocenters. The molecule has 31 heavy (non-hydrogen) atoms. The maximum Gasteiger partial charge on any atom is 0.417 e. The van der Waals surface area contributed by atoms with E-state index in [-0.39, 0.29) is 29.7 Å². The Balaban J connectivity index is 2.39. The molecule has 6 nitrogen and oxygen atoms in total. The van der Waals surface area contributed by atoms with Crippen molar-refractivity contribution in [2.45, 2.75) is 26.4 Å². The van der Waals surface area contributed by atoms with Gasteiger partial charge in [-0.2, -0.15) is 13.2 Å². The number of halogens is 4. The first-order valence-corrected chi connectivity index (χ1v) is 9.59. The second-order valence-corrected chi connectivity index (χ2v) is 7.68. The third-order valence-electron chi connectivity index (χ3n) is 4.31. The molecular formula is C21H23ClF3NO5. The predicted molar refractivity (Wildman–Crippen MR) is 108 cm³/mol. The predicted octanol–water partition coefficient (Wildman–Crippen LogP) is 5.31. The van der Waals surface area contributed by atoms with Crippen LogP contribution >= 0.6 is 11.6 Å². The average molecular weight is 462 g/mol. The van der Waals surface area contributed by atoms with E-state index in [0.29, 0.717) is 24.1 Å². The molecule has 10 heteroatoms. The maximum absolute atomic E-state index is 12.9. The summed E-state index contributed by atoms with van der Waals surface area (Å²) >= 11 is 5.98. The van der Waals surface area contributed by atoms with Crippen LogP contribution in [0.4, 0.5) is 13.2 Å². The summed E-state index contributed by atoms with van der Waals surface area (Å²) in [5.74, 6) is 0.0427. The van der Waals surface area contributed by atoms with E-state index in [1.54, 1.807) is 32.0 Å². The molecule has 0 N–H and O–H groups in total. The van der Waals surface area contributed by atoms with Gasteiger partial charge in [0.2, 0.25) is 5.88 Å². The van der Waals surface area contributed by atoms with Crippen molar-refractivity contribution < 1.29 is 36.9 Å². The molecule has 170 valence electrons. The van der Waals surface area contributed by atoms with Gasteiger partial charge in [-0.25, -0.2) is 4.98 Å². The van der Waals surface area contributed by atoms with Crippen molar-refractivity contribution in [3.63, 3.8) is 0 Å². The van der Waals surface area contributed by atoms with Gasteiger partial charge in [0.25, 0.3) is 0 Å². The lowest BCUT2D eigenvalue weighted by Crippen LogP contribution is -2.28. The zero-order valence-corrected chi connectivity index (χ0v) is 18.3. The number of aromatic nitrogens is 1. The summed E-state index contributed by atoms with van der Waals surface area (Å²) < 4.78 is 59.7. The van der Waals surface area contributed by atoms with Gasteiger partial charge in [-0.15, -0.1) is 0 Å². The summed E-state index contributed by atoms with van der Waals surface area (Å²) in [7, 11) is 2.83. The standard InChI is InChI=1S/C21H23ClF3NO5/c1-20(2,19(27)29-4)11-13-5-6-15(30-8-7-28-3)10-17(13)31-18-16(22)9-14(12-26-18)21(23,24)25/h5-6,9-10,12H,7-8,11H2,1-4H3. The number of esters is 1. The number of benzene rings is 1. The number of rotatable bonds is 9. The summed E-state index contributed by atoms with van der Waals surface area (Å²) in [6, 6.07) is 5.67. The van der Waals surface area contributed by atoms with Gasteiger partial charge in [-0.3, -0.25) is 4.79 Å². The van der Waals surface area contributed by atoms with Gasteiger partial charge in [0.1, 0.15) is 23.1 Å². The zero-order valence-electron chi connectivity index (χ0n) is 17.5. The van der Waals surface area contributed by atoms with E-state index >= 15 is 0 Å². The van der Waals surface area contributed by atoms with Crippen LogP contribution in [0.2, 0.25) is 5.02 Å². The van der Waals surface area contributed by atoms with Crippen LogP contribution in [0.1, 0.15) is 25.0 Å². The number of hydrogen-bond acceptors (Lipinski definition) is 6. The maximum atomic E-state index is 12.9. The molecular weight excluding hydrogens is 439 g/mol. The minimum absolute atomic E-state index is 0.208. The first-order valence-electron chi connectivity index (χ1n) is 9.21. The van der Waals surface area contributed by atoms with Crippen LogP contribution in [0.25, 0.3) is 0 Å². The fraction of sp³-hybridized carbons (Fsp3) is 0.429. The number of carbonyl (C=O) groups is 1.